The average Bonchev–Trinajstić information content (AvgIpc) is 1.51. The third-order valence-electron chi connectivity index (χ3n) is 20.1. The highest BCUT2D eigenvalue weighted by Crippen LogP contribution is 2.66. The molecular formula is C85H85F2N3OS2. The molecule has 0 N–H and O–H groups in total. The Morgan fingerprint density at radius 3 is 1.28 bits per heavy atom. The van der Waals surface area contributed by atoms with E-state index in [2.05, 4.69) is 197 Å². The van der Waals surface area contributed by atoms with Crippen molar-refractivity contribution in [3.63, 3.8) is 0 Å². The van der Waals surface area contributed by atoms with Gasteiger partial charge in [0.25, 0.3) is 5.70 Å². The number of nitriles is 1. The van der Waals surface area contributed by atoms with E-state index >= 15 is 8.78 Å². The number of unbranched alkanes of at least 4 members (excludes halogenated alkanes) is 12. The normalized spacial score (nSPS) is 14.8. The van der Waals surface area contributed by atoms with Gasteiger partial charge in [0.05, 0.1) is 23.5 Å². The molecule has 12 rings (SSSR count). The van der Waals surface area contributed by atoms with E-state index in [1.54, 1.807) is 17.4 Å². The van der Waals surface area contributed by atoms with Crippen LogP contribution in [0, 0.1) is 29.5 Å². The van der Waals surface area contributed by atoms with Crippen LogP contribution >= 0.6 is 22.7 Å². The zero-order chi connectivity index (χ0) is 64.8. The van der Waals surface area contributed by atoms with Gasteiger partial charge in [-0.1, -0.05) is 214 Å². The molecule has 3 aliphatic carbocycles. The van der Waals surface area contributed by atoms with Gasteiger partial charge in [0.1, 0.15) is 0 Å². The minimum Gasteiger partial charge on any atom is -0.378 e. The van der Waals surface area contributed by atoms with E-state index in [1.165, 1.54) is 148 Å². The van der Waals surface area contributed by atoms with Gasteiger partial charge < -0.3 is 4.90 Å². The number of hydrogen-bond acceptors (Lipinski definition) is 5. The van der Waals surface area contributed by atoms with Crippen molar-refractivity contribution >= 4 is 45.8 Å². The highest BCUT2D eigenvalue weighted by molar-refractivity contribution is 7.19. The van der Waals surface area contributed by atoms with Crippen LogP contribution in [0.3, 0.4) is 0 Å². The van der Waals surface area contributed by atoms with Gasteiger partial charge in [-0.15, -0.1) is 22.7 Å². The Kier molecular flexibility index (Phi) is 19.9. The van der Waals surface area contributed by atoms with E-state index in [0.717, 1.165) is 101 Å². The summed E-state index contributed by atoms with van der Waals surface area (Å²) in [6, 6.07) is 60.6. The number of fused-ring (bicyclic) bond motifs is 7. The lowest BCUT2D eigenvalue weighted by atomic mass is 9.65. The van der Waals surface area contributed by atoms with Crippen LogP contribution in [0.1, 0.15) is 218 Å². The molecule has 0 aliphatic heterocycles. The van der Waals surface area contributed by atoms with Crippen molar-refractivity contribution < 1.29 is 13.6 Å². The molecule has 0 bridgehead atoms. The molecule has 0 fully saturated rings. The summed E-state index contributed by atoms with van der Waals surface area (Å²) in [5.74, 6) is -2.87. The molecule has 0 atom stereocenters. The van der Waals surface area contributed by atoms with Crippen molar-refractivity contribution in [2.45, 2.75) is 167 Å². The third-order valence-corrected chi connectivity index (χ3v) is 22.4. The Morgan fingerprint density at radius 1 is 0.495 bits per heavy atom. The summed E-state index contributed by atoms with van der Waals surface area (Å²) < 4.78 is 30.4. The molecule has 93 heavy (non-hydrogen) atoms. The molecule has 8 heteroatoms. The molecule has 472 valence electrons. The van der Waals surface area contributed by atoms with Crippen molar-refractivity contribution in [2.24, 2.45) is 0 Å². The molecule has 0 radical (unpaired) electrons. The number of carbonyl (C=O) groups is 1. The quantitative estimate of drug-likeness (QED) is 0.0223. The number of hydrogen-bond donors (Lipinski definition) is 0. The monoisotopic (exact) mass is 1270 g/mol. The lowest BCUT2D eigenvalue weighted by Crippen LogP contribution is -2.30. The maximum atomic E-state index is 15.2. The number of nitrogens with zero attached hydrogens (tertiary/aromatic N) is 3. The van der Waals surface area contributed by atoms with Crippen LogP contribution in [-0.2, 0) is 36.5 Å². The summed E-state index contributed by atoms with van der Waals surface area (Å²) in [5.41, 5.74) is 17.5. The van der Waals surface area contributed by atoms with Gasteiger partial charge in [-0.2, -0.15) is 0 Å². The van der Waals surface area contributed by atoms with Gasteiger partial charge in [0.15, 0.2) is 17.4 Å². The number of halogens is 2. The molecule has 0 spiro atoms. The van der Waals surface area contributed by atoms with E-state index in [0.29, 0.717) is 0 Å². The first-order chi connectivity index (χ1) is 45.4. The van der Waals surface area contributed by atoms with Crippen molar-refractivity contribution in [3.05, 3.63) is 275 Å². The van der Waals surface area contributed by atoms with Crippen molar-refractivity contribution in [1.82, 2.24) is 0 Å². The summed E-state index contributed by atoms with van der Waals surface area (Å²) in [5, 5.41) is 10.5. The fourth-order valence-corrected chi connectivity index (χ4v) is 17.5. The van der Waals surface area contributed by atoms with E-state index in [1.807, 2.05) is 17.4 Å². The Bertz CT molecular complexity index is 4210. The number of benzene rings is 7. The van der Waals surface area contributed by atoms with Crippen LogP contribution in [0.2, 0.25) is 0 Å². The van der Waals surface area contributed by atoms with Crippen molar-refractivity contribution in [3.8, 4) is 37.4 Å². The minimum atomic E-state index is -1.16. The Morgan fingerprint density at radius 2 is 0.892 bits per heavy atom. The van der Waals surface area contributed by atoms with Gasteiger partial charge in [0, 0.05) is 56.0 Å². The lowest BCUT2D eigenvalue weighted by Gasteiger charge is -2.35. The van der Waals surface area contributed by atoms with Crippen molar-refractivity contribution in [1.29, 1.82) is 5.26 Å². The molecule has 0 unspecified atom stereocenters. The summed E-state index contributed by atoms with van der Waals surface area (Å²) in [7, 11) is 4.18. The molecule has 2 aromatic heterocycles. The summed E-state index contributed by atoms with van der Waals surface area (Å²) in [4.78, 5) is 24.7. The van der Waals surface area contributed by atoms with Crippen molar-refractivity contribution in [2.75, 3.05) is 19.0 Å². The number of ketones is 1. The first kappa shape index (κ1) is 64.8. The summed E-state index contributed by atoms with van der Waals surface area (Å²) in [6.07, 6.45) is 24.8. The second kappa shape index (κ2) is 28.5. The van der Waals surface area contributed by atoms with E-state index < -0.39 is 28.2 Å². The molecule has 0 amide bonds. The maximum absolute atomic E-state index is 15.2. The van der Waals surface area contributed by atoms with E-state index in [9.17, 15) is 10.1 Å². The Balaban J connectivity index is 1.15. The summed E-state index contributed by atoms with van der Waals surface area (Å²) >= 11 is 3.48. The smallest absolute Gasteiger partial charge is 0.270 e. The van der Waals surface area contributed by atoms with Gasteiger partial charge in [-0.25, -0.2) is 18.9 Å². The highest BCUT2D eigenvalue weighted by atomic mass is 32.1. The van der Waals surface area contributed by atoms with Gasteiger partial charge in [0.2, 0.25) is 0 Å². The lowest BCUT2D eigenvalue weighted by molar-refractivity contribution is 0.104. The molecule has 4 nitrogen and oxygen atoms in total. The van der Waals surface area contributed by atoms with Gasteiger partial charge in [-0.3, -0.25) is 4.79 Å². The van der Waals surface area contributed by atoms with Crippen LogP contribution in [0.15, 0.2) is 169 Å². The minimum absolute atomic E-state index is 0.0244. The van der Waals surface area contributed by atoms with Crippen LogP contribution in [0.5, 0.6) is 0 Å². The fourth-order valence-electron chi connectivity index (χ4n) is 15.1. The summed E-state index contributed by atoms with van der Waals surface area (Å²) in [6.45, 7) is 17.2. The SMILES string of the molecule is [C-]#[N+]/C(C#N)=C1\C(=C\c2cc3c(s2)-c2cc4c(cc2C3(c2ccc(CCCCCC)cc2)c2ccc(CCCCCC)cc2)-c2sc(-c3ccc(N(C)C)cc3)cc2C4(c2ccc(CCCCCC)cc2)c2ccc(CCCCCC)cc2)C(=O)c2cc(F)c(F)cc21. The number of rotatable bonds is 27. The van der Waals surface area contributed by atoms with Crippen LogP contribution in [0.25, 0.3) is 47.8 Å². The molecule has 0 saturated carbocycles. The number of anilines is 1. The third kappa shape index (κ3) is 12.2. The largest absolute Gasteiger partial charge is 0.378 e. The number of Topliss-reactive ketones (excluding diaryl/α,β-unsaturated/α-hetero) is 1. The molecule has 0 saturated heterocycles. The second-order valence-electron chi connectivity index (χ2n) is 26.3. The molecule has 3 aliphatic rings. The van der Waals surface area contributed by atoms with Crippen LogP contribution in [0.4, 0.5) is 14.5 Å². The molecule has 9 aromatic rings. The zero-order valence-electron chi connectivity index (χ0n) is 55.1. The highest BCUT2D eigenvalue weighted by Gasteiger charge is 2.53. The Hall–Kier alpha value is -8.27. The number of aryl methyl sites for hydroxylation is 4. The van der Waals surface area contributed by atoms with Gasteiger partial charge in [-0.05, 0) is 195 Å². The van der Waals surface area contributed by atoms with E-state index in [-0.39, 0.29) is 28.0 Å². The topological polar surface area (TPSA) is 48.5 Å². The van der Waals surface area contributed by atoms with E-state index in [4.69, 9.17) is 6.57 Å². The predicted octanol–water partition coefficient (Wildman–Crippen LogP) is 23.5. The first-order valence-electron chi connectivity index (χ1n) is 34.3. The second-order valence-corrected chi connectivity index (χ2v) is 28.4. The van der Waals surface area contributed by atoms with Gasteiger partial charge >= 0.3 is 0 Å². The molecule has 7 aromatic carbocycles. The Labute approximate surface area is 559 Å². The number of carbonyl (C=O) groups excluding carboxylic acids is 1. The zero-order valence-corrected chi connectivity index (χ0v) is 56.7. The first-order valence-corrected chi connectivity index (χ1v) is 36.0. The number of thiophene rings is 2. The van der Waals surface area contributed by atoms with Crippen LogP contribution in [-0.4, -0.2) is 19.9 Å². The molecular weight excluding hydrogens is 1180 g/mol. The number of allylic oxidation sites excluding steroid dienone is 3. The average molecular weight is 1270 g/mol. The maximum Gasteiger partial charge on any atom is 0.270 e. The molecule has 2 heterocycles. The van der Waals surface area contributed by atoms with Crippen LogP contribution < -0.4 is 4.90 Å². The fraction of sp³-hybridized carbons (Fsp3) is 0.329. The standard InChI is InChI=1S/C85H85F2N3OS2/c1-8-12-16-20-24-56-28-38-61(39-29-56)84(62-40-30-57(31-41-62)25-21-17-13-9-2)72-51-70-73(50-69(72)82-74(84)49-66(92-82)48-71-80(78(55-88)89-5)67-52-76(86)77(87)53-68(67)81(71)91)85(63-42-32-58(33-43-63)26-22-18-14-10-3,64-44-34-59(35-45-64)27-23-19-15-11-4)75-54-79(93-83(70)75)60-36-46-65(47-37-60)90(6)7/h28-54H,8-27H2,1-4,6-7H3/b71-48-,80-78-. The predicted molar refractivity (Wildman–Crippen MR) is 386 cm³/mol.